The van der Waals surface area contributed by atoms with E-state index in [1.165, 1.54) is 19.3 Å². The quantitative estimate of drug-likeness (QED) is 0.772. The monoisotopic (exact) mass is 220 g/mol. The number of aliphatic imine (C=N–C) groups is 1. The Morgan fingerprint density at radius 2 is 1.88 bits per heavy atom. The highest BCUT2D eigenvalue weighted by Crippen LogP contribution is 2.73. The van der Waals surface area contributed by atoms with E-state index >= 15 is 0 Å². The van der Waals surface area contributed by atoms with Gasteiger partial charge in [0.2, 0.25) is 0 Å². The van der Waals surface area contributed by atoms with Crippen molar-refractivity contribution in [1.82, 2.24) is 5.32 Å². The Balaban J connectivity index is 1.84. The molecule has 1 heterocycles. The van der Waals surface area contributed by atoms with E-state index in [1.807, 2.05) is 0 Å². The van der Waals surface area contributed by atoms with E-state index in [9.17, 15) is 4.79 Å². The van der Waals surface area contributed by atoms with Gasteiger partial charge in [-0.15, -0.1) is 0 Å². The summed E-state index contributed by atoms with van der Waals surface area (Å²) in [6, 6.07) is -0.190. The molecular formula is C13H20N2O. The summed E-state index contributed by atoms with van der Waals surface area (Å²) in [6.45, 7) is 8.13. The maximum absolute atomic E-state index is 11.6. The van der Waals surface area contributed by atoms with E-state index in [1.54, 1.807) is 6.92 Å². The summed E-state index contributed by atoms with van der Waals surface area (Å²) >= 11 is 0. The van der Waals surface area contributed by atoms with E-state index in [0.717, 1.165) is 5.84 Å². The van der Waals surface area contributed by atoms with Crippen LogP contribution in [0.4, 0.5) is 0 Å². The van der Waals surface area contributed by atoms with Gasteiger partial charge >= 0.3 is 0 Å². The Kier molecular flexibility index (Phi) is 1.62. The lowest BCUT2D eigenvalue weighted by molar-refractivity contribution is -0.139. The number of nitrogens with zero attached hydrogens (tertiary/aromatic N) is 1. The second kappa shape index (κ2) is 2.52. The first-order valence-corrected chi connectivity index (χ1v) is 6.13. The fourth-order valence-corrected chi connectivity index (χ4v) is 4.11. The van der Waals surface area contributed by atoms with Crippen LogP contribution in [0.25, 0.3) is 0 Å². The highest BCUT2D eigenvalue weighted by molar-refractivity contribution is 5.98. The van der Waals surface area contributed by atoms with E-state index in [0.29, 0.717) is 10.8 Å². The van der Waals surface area contributed by atoms with Crippen LogP contribution in [0, 0.1) is 10.8 Å². The van der Waals surface area contributed by atoms with Gasteiger partial charge < -0.3 is 5.32 Å². The second-order valence-corrected chi connectivity index (χ2v) is 6.96. The van der Waals surface area contributed by atoms with E-state index in [4.69, 9.17) is 0 Å². The van der Waals surface area contributed by atoms with Gasteiger partial charge in [-0.3, -0.25) is 9.79 Å². The minimum atomic E-state index is -0.197. The van der Waals surface area contributed by atoms with Gasteiger partial charge in [-0.25, -0.2) is 0 Å². The van der Waals surface area contributed by atoms with Gasteiger partial charge in [-0.1, -0.05) is 6.92 Å². The first-order valence-electron chi connectivity index (χ1n) is 6.13. The van der Waals surface area contributed by atoms with Gasteiger partial charge in [0, 0.05) is 5.41 Å². The first kappa shape index (κ1) is 10.3. The van der Waals surface area contributed by atoms with Gasteiger partial charge in [-0.05, 0) is 45.4 Å². The number of hydrogen-bond acceptors (Lipinski definition) is 3. The van der Waals surface area contributed by atoms with Crippen LogP contribution in [0.1, 0.15) is 47.0 Å². The molecule has 0 amide bonds. The minimum Gasteiger partial charge on any atom is -0.366 e. The molecule has 3 nitrogen and oxygen atoms in total. The van der Waals surface area contributed by atoms with Crippen molar-refractivity contribution < 1.29 is 4.79 Å². The van der Waals surface area contributed by atoms with Crippen LogP contribution < -0.4 is 5.32 Å². The molecule has 0 aromatic heterocycles. The lowest BCUT2D eigenvalue weighted by atomic mass is 9.35. The molecule has 0 aromatic rings. The van der Waals surface area contributed by atoms with Crippen molar-refractivity contribution in [3.63, 3.8) is 0 Å². The molecule has 0 spiro atoms. The van der Waals surface area contributed by atoms with E-state index < -0.39 is 0 Å². The summed E-state index contributed by atoms with van der Waals surface area (Å²) in [5, 5.41) is 3.49. The summed E-state index contributed by atoms with van der Waals surface area (Å²) in [4.78, 5) is 16.2. The zero-order chi connectivity index (χ0) is 11.8. The molecule has 0 saturated heterocycles. The number of hydrogen-bond donors (Lipinski definition) is 1. The van der Waals surface area contributed by atoms with Crippen LogP contribution in [0.5, 0.6) is 0 Å². The molecule has 4 aliphatic rings. The van der Waals surface area contributed by atoms with Crippen molar-refractivity contribution in [3.8, 4) is 0 Å². The first-order chi connectivity index (χ1) is 7.27. The smallest absolute Gasteiger partial charge is 0.156 e. The predicted octanol–water partition coefficient (Wildman–Crippen LogP) is 1.91. The number of rotatable bonds is 2. The summed E-state index contributed by atoms with van der Waals surface area (Å²) in [7, 11) is 0. The Labute approximate surface area is 96.7 Å². The summed E-state index contributed by atoms with van der Waals surface area (Å²) < 4.78 is 0. The zero-order valence-electron chi connectivity index (χ0n) is 10.6. The van der Waals surface area contributed by atoms with Gasteiger partial charge in [0.1, 0.15) is 11.9 Å². The number of Topliss-reactive ketones (excluding diaryl/α,β-unsaturated/α-hetero) is 1. The highest BCUT2D eigenvalue weighted by atomic mass is 16.1. The Hall–Kier alpha value is -0.860. The summed E-state index contributed by atoms with van der Waals surface area (Å²) in [5.74, 6) is 1.28. The van der Waals surface area contributed by atoms with Crippen molar-refractivity contribution in [2.45, 2.75) is 58.5 Å². The van der Waals surface area contributed by atoms with Crippen LogP contribution in [0.2, 0.25) is 0 Å². The maximum Gasteiger partial charge on any atom is 0.156 e. The standard InChI is InChI=1S/C13H20N2O/c1-8(16)9-11(2,3)15-10(14-9)13-5-12(4,6-13)7-13/h9H,5-7H2,1-4H3,(H,14,15)/t9-,12?,13?/m0/s1. The fraction of sp³-hybridized carbons (Fsp3) is 0.846. The third-order valence-electron chi connectivity index (χ3n) is 4.57. The molecule has 1 N–H and O–H groups in total. The molecule has 3 saturated carbocycles. The normalized spacial score (nSPS) is 47.5. The average Bonchev–Trinajstić information content (AvgIpc) is 2.34. The SMILES string of the molecule is CC(=O)[C@@H]1N=C(C23CC(C)(C2)C3)NC1(C)C. The average molecular weight is 220 g/mol. The molecule has 3 heteroatoms. The van der Waals surface area contributed by atoms with Gasteiger partial charge in [0.25, 0.3) is 0 Å². The molecule has 16 heavy (non-hydrogen) atoms. The molecule has 0 radical (unpaired) electrons. The van der Waals surface area contributed by atoms with E-state index in [-0.39, 0.29) is 17.4 Å². The molecule has 88 valence electrons. The molecular weight excluding hydrogens is 200 g/mol. The Bertz CT molecular complexity index is 388. The van der Waals surface area contributed by atoms with Crippen molar-refractivity contribution >= 4 is 11.6 Å². The second-order valence-electron chi connectivity index (χ2n) is 6.96. The molecule has 4 rings (SSSR count). The largest absolute Gasteiger partial charge is 0.366 e. The lowest BCUT2D eigenvalue weighted by Crippen LogP contribution is -2.67. The van der Waals surface area contributed by atoms with Crippen LogP contribution in [-0.2, 0) is 4.79 Å². The highest BCUT2D eigenvalue weighted by Gasteiger charge is 2.68. The summed E-state index contributed by atoms with van der Waals surface area (Å²) in [6.07, 6.45) is 3.77. The summed E-state index contributed by atoms with van der Waals surface area (Å²) in [5.41, 5.74) is 0.705. The number of nitrogens with one attached hydrogen (secondary N) is 1. The van der Waals surface area contributed by atoms with Crippen molar-refractivity contribution in [3.05, 3.63) is 0 Å². The third-order valence-corrected chi connectivity index (χ3v) is 4.57. The van der Waals surface area contributed by atoms with Crippen LogP contribution in [0.3, 0.4) is 0 Å². The molecule has 3 aliphatic carbocycles. The maximum atomic E-state index is 11.6. The number of ketones is 1. The topological polar surface area (TPSA) is 41.5 Å². The molecule has 1 aliphatic heterocycles. The van der Waals surface area contributed by atoms with Gasteiger partial charge in [0.15, 0.2) is 5.78 Å². The fourth-order valence-electron chi connectivity index (χ4n) is 4.11. The van der Waals surface area contributed by atoms with Gasteiger partial charge in [0.05, 0.1) is 5.54 Å². The van der Waals surface area contributed by atoms with Crippen molar-refractivity contribution in [2.75, 3.05) is 0 Å². The van der Waals surface area contributed by atoms with Crippen molar-refractivity contribution in [1.29, 1.82) is 0 Å². The molecule has 0 aromatic carbocycles. The zero-order valence-corrected chi connectivity index (χ0v) is 10.6. The minimum absolute atomic E-state index is 0.172. The number of amidine groups is 1. The Morgan fingerprint density at radius 3 is 2.25 bits per heavy atom. The predicted molar refractivity (Wildman–Crippen MR) is 63.5 cm³/mol. The molecule has 0 unspecified atom stereocenters. The van der Waals surface area contributed by atoms with Gasteiger partial charge in [-0.2, -0.15) is 0 Å². The van der Waals surface area contributed by atoms with Crippen LogP contribution >= 0.6 is 0 Å². The number of carbonyl (C=O) groups excluding carboxylic acids is 1. The van der Waals surface area contributed by atoms with Crippen LogP contribution in [-0.4, -0.2) is 23.2 Å². The van der Waals surface area contributed by atoms with Crippen molar-refractivity contribution in [2.24, 2.45) is 15.8 Å². The lowest BCUT2D eigenvalue weighted by Gasteiger charge is -2.69. The van der Waals surface area contributed by atoms with Crippen LogP contribution in [0.15, 0.2) is 4.99 Å². The molecule has 1 atom stereocenters. The van der Waals surface area contributed by atoms with E-state index in [2.05, 4.69) is 31.1 Å². The number of carbonyl (C=O) groups is 1. The third kappa shape index (κ3) is 1.09. The molecule has 2 bridgehead atoms. The molecule has 3 fully saturated rings. The Morgan fingerprint density at radius 1 is 1.31 bits per heavy atom.